The Balaban J connectivity index is 1.84. The van der Waals surface area contributed by atoms with Gasteiger partial charge in [-0.2, -0.15) is 0 Å². The average Bonchev–Trinajstić information content (AvgIpc) is 2.98. The van der Waals surface area contributed by atoms with Crippen molar-refractivity contribution in [2.75, 3.05) is 13.2 Å². The van der Waals surface area contributed by atoms with Crippen LogP contribution in [0.2, 0.25) is 0 Å². The molecule has 2 aliphatic rings. The first kappa shape index (κ1) is 14.5. The predicted octanol–water partition coefficient (Wildman–Crippen LogP) is 2.16. The Morgan fingerprint density at radius 3 is 2.71 bits per heavy atom. The zero-order valence-electron chi connectivity index (χ0n) is 12.6. The first-order chi connectivity index (χ1) is 10.1. The topological polar surface area (TPSA) is 55.6 Å². The second kappa shape index (κ2) is 6.16. The molecule has 0 spiro atoms. The maximum atomic E-state index is 12.4. The van der Waals surface area contributed by atoms with Crippen LogP contribution < -0.4 is 5.73 Å². The molecule has 2 heterocycles. The number of piperidine rings is 1. The fraction of sp³-hybridized carbons (Fsp3) is 0.588. The summed E-state index contributed by atoms with van der Waals surface area (Å²) >= 11 is 0. The van der Waals surface area contributed by atoms with Crippen LogP contribution in [0.15, 0.2) is 24.3 Å². The summed E-state index contributed by atoms with van der Waals surface area (Å²) in [6, 6.07) is 8.36. The van der Waals surface area contributed by atoms with Crippen molar-refractivity contribution in [3.05, 3.63) is 35.4 Å². The fourth-order valence-corrected chi connectivity index (χ4v) is 3.39. The summed E-state index contributed by atoms with van der Waals surface area (Å²) in [5.41, 5.74) is 8.70. The van der Waals surface area contributed by atoms with Crippen LogP contribution in [0.4, 0.5) is 0 Å². The largest absolute Gasteiger partial charge is 0.376 e. The maximum Gasteiger partial charge on any atom is 0.223 e. The van der Waals surface area contributed by atoms with E-state index in [1.807, 2.05) is 4.90 Å². The molecule has 1 aromatic carbocycles. The lowest BCUT2D eigenvalue weighted by atomic mass is 9.89. The van der Waals surface area contributed by atoms with E-state index in [4.69, 9.17) is 10.5 Å². The summed E-state index contributed by atoms with van der Waals surface area (Å²) in [6.07, 6.45) is 3.62. The van der Waals surface area contributed by atoms with Crippen LogP contribution in [-0.4, -0.2) is 36.1 Å². The number of ether oxygens (including phenoxy) is 1. The molecule has 1 aromatic rings. The average molecular weight is 288 g/mol. The van der Waals surface area contributed by atoms with Crippen molar-refractivity contribution in [3.63, 3.8) is 0 Å². The van der Waals surface area contributed by atoms with Crippen molar-refractivity contribution in [1.29, 1.82) is 0 Å². The highest BCUT2D eigenvalue weighted by molar-refractivity contribution is 5.78. The highest BCUT2D eigenvalue weighted by atomic mass is 16.5. The standard InChI is InChI=1S/C17H24N2O2/c1-12-4-6-13(7-5-12)17-15(18)8-9-16(20)19(17)11-14-3-2-10-21-14/h4-7,14-15,17H,2-3,8-11,18H2,1H3. The summed E-state index contributed by atoms with van der Waals surface area (Å²) in [7, 11) is 0. The minimum Gasteiger partial charge on any atom is -0.376 e. The summed E-state index contributed by atoms with van der Waals surface area (Å²) < 4.78 is 5.71. The van der Waals surface area contributed by atoms with Crippen LogP contribution in [0.3, 0.4) is 0 Å². The summed E-state index contributed by atoms with van der Waals surface area (Å²) in [4.78, 5) is 14.3. The molecule has 0 aliphatic carbocycles. The van der Waals surface area contributed by atoms with Crippen LogP contribution in [0, 0.1) is 6.92 Å². The van der Waals surface area contributed by atoms with Crippen molar-refractivity contribution in [1.82, 2.24) is 4.90 Å². The minimum absolute atomic E-state index is 0.00630. The Kier molecular flexibility index (Phi) is 4.27. The minimum atomic E-state index is -0.0175. The number of hydrogen-bond donors (Lipinski definition) is 1. The van der Waals surface area contributed by atoms with Gasteiger partial charge in [0.15, 0.2) is 0 Å². The predicted molar refractivity (Wildman–Crippen MR) is 81.8 cm³/mol. The van der Waals surface area contributed by atoms with Crippen LogP contribution in [0.25, 0.3) is 0 Å². The third-order valence-electron chi connectivity index (χ3n) is 4.60. The third-order valence-corrected chi connectivity index (χ3v) is 4.60. The summed E-state index contributed by atoms with van der Waals surface area (Å²) in [5, 5.41) is 0. The van der Waals surface area contributed by atoms with Gasteiger partial charge in [0.05, 0.1) is 12.1 Å². The number of carbonyl (C=O) groups is 1. The van der Waals surface area contributed by atoms with Crippen LogP contribution >= 0.6 is 0 Å². The number of carbonyl (C=O) groups excluding carboxylic acids is 1. The molecule has 4 nitrogen and oxygen atoms in total. The van der Waals surface area contributed by atoms with Crippen molar-refractivity contribution in [2.45, 2.75) is 50.8 Å². The van der Waals surface area contributed by atoms with Gasteiger partial charge in [-0.1, -0.05) is 29.8 Å². The second-order valence-electron chi connectivity index (χ2n) is 6.24. The molecular weight excluding hydrogens is 264 g/mol. The number of rotatable bonds is 3. The van der Waals surface area contributed by atoms with Crippen molar-refractivity contribution >= 4 is 5.91 Å². The van der Waals surface area contributed by atoms with Crippen molar-refractivity contribution in [2.24, 2.45) is 5.73 Å². The number of benzene rings is 1. The van der Waals surface area contributed by atoms with Gasteiger partial charge in [-0.3, -0.25) is 4.79 Å². The van der Waals surface area contributed by atoms with E-state index in [1.165, 1.54) is 5.56 Å². The Labute approximate surface area is 126 Å². The molecule has 3 atom stereocenters. The van der Waals surface area contributed by atoms with E-state index in [0.29, 0.717) is 13.0 Å². The molecule has 2 aliphatic heterocycles. The van der Waals surface area contributed by atoms with E-state index in [0.717, 1.165) is 31.4 Å². The summed E-state index contributed by atoms with van der Waals surface area (Å²) in [6.45, 7) is 3.55. The lowest BCUT2D eigenvalue weighted by Gasteiger charge is -2.41. The fourth-order valence-electron chi connectivity index (χ4n) is 3.39. The summed E-state index contributed by atoms with van der Waals surface area (Å²) in [5.74, 6) is 0.206. The number of hydrogen-bond acceptors (Lipinski definition) is 3. The molecule has 2 N–H and O–H groups in total. The van der Waals surface area contributed by atoms with E-state index in [-0.39, 0.29) is 24.1 Å². The normalized spacial score (nSPS) is 29.9. The lowest BCUT2D eigenvalue weighted by Crippen LogP contribution is -2.51. The molecule has 2 fully saturated rings. The molecule has 0 aromatic heterocycles. The maximum absolute atomic E-state index is 12.4. The van der Waals surface area contributed by atoms with E-state index >= 15 is 0 Å². The number of nitrogens with zero attached hydrogens (tertiary/aromatic N) is 1. The van der Waals surface area contributed by atoms with E-state index in [9.17, 15) is 4.79 Å². The SMILES string of the molecule is Cc1ccc(C2C(N)CCC(=O)N2CC2CCCO2)cc1. The highest BCUT2D eigenvalue weighted by Crippen LogP contribution is 2.32. The second-order valence-corrected chi connectivity index (χ2v) is 6.24. The number of amides is 1. The van der Waals surface area contributed by atoms with Crippen LogP contribution in [-0.2, 0) is 9.53 Å². The highest BCUT2D eigenvalue weighted by Gasteiger charge is 2.36. The molecular formula is C17H24N2O2. The third kappa shape index (κ3) is 3.11. The zero-order chi connectivity index (χ0) is 14.8. The molecule has 0 saturated carbocycles. The first-order valence-corrected chi connectivity index (χ1v) is 7.88. The molecule has 3 rings (SSSR count). The van der Waals surface area contributed by atoms with Crippen LogP contribution in [0.5, 0.6) is 0 Å². The monoisotopic (exact) mass is 288 g/mol. The Hall–Kier alpha value is -1.39. The number of nitrogens with two attached hydrogens (primary N) is 1. The van der Waals surface area contributed by atoms with Gasteiger partial charge in [0.2, 0.25) is 5.91 Å². The Bertz CT molecular complexity index is 494. The van der Waals surface area contributed by atoms with E-state index in [1.54, 1.807) is 0 Å². The smallest absolute Gasteiger partial charge is 0.223 e. The molecule has 114 valence electrons. The molecule has 2 saturated heterocycles. The van der Waals surface area contributed by atoms with Crippen molar-refractivity contribution in [3.8, 4) is 0 Å². The molecule has 1 amide bonds. The molecule has 21 heavy (non-hydrogen) atoms. The molecule has 3 unspecified atom stereocenters. The zero-order valence-corrected chi connectivity index (χ0v) is 12.6. The molecule has 0 radical (unpaired) electrons. The van der Waals surface area contributed by atoms with Gasteiger partial charge in [-0.25, -0.2) is 0 Å². The quantitative estimate of drug-likeness (QED) is 0.927. The van der Waals surface area contributed by atoms with E-state index < -0.39 is 0 Å². The van der Waals surface area contributed by atoms with Gasteiger partial charge in [-0.05, 0) is 31.7 Å². The van der Waals surface area contributed by atoms with Crippen molar-refractivity contribution < 1.29 is 9.53 Å². The first-order valence-electron chi connectivity index (χ1n) is 7.88. The molecule has 0 bridgehead atoms. The van der Waals surface area contributed by atoms with Gasteiger partial charge >= 0.3 is 0 Å². The van der Waals surface area contributed by atoms with Gasteiger partial charge in [0.25, 0.3) is 0 Å². The van der Waals surface area contributed by atoms with Gasteiger partial charge in [0, 0.05) is 25.6 Å². The lowest BCUT2D eigenvalue weighted by molar-refractivity contribution is -0.139. The molecule has 4 heteroatoms. The number of likely N-dealkylation sites (tertiary alicyclic amines) is 1. The van der Waals surface area contributed by atoms with E-state index in [2.05, 4.69) is 31.2 Å². The Morgan fingerprint density at radius 2 is 2.05 bits per heavy atom. The van der Waals surface area contributed by atoms with Gasteiger partial charge in [0.1, 0.15) is 0 Å². The van der Waals surface area contributed by atoms with Gasteiger partial charge in [-0.15, -0.1) is 0 Å². The Morgan fingerprint density at radius 1 is 1.29 bits per heavy atom. The van der Waals surface area contributed by atoms with Gasteiger partial charge < -0.3 is 15.4 Å². The van der Waals surface area contributed by atoms with Crippen LogP contribution in [0.1, 0.15) is 42.9 Å². The number of aryl methyl sites for hydroxylation is 1.